The number of ether oxygens (including phenoxy) is 1. The van der Waals surface area contributed by atoms with Gasteiger partial charge in [-0.25, -0.2) is 0 Å². The van der Waals surface area contributed by atoms with Gasteiger partial charge < -0.3 is 4.74 Å². The average Bonchev–Trinajstić information content (AvgIpc) is 2.29. The van der Waals surface area contributed by atoms with Crippen molar-refractivity contribution in [3.05, 3.63) is 42.5 Å². The monoisotopic (exact) mass is 222 g/mol. The Morgan fingerprint density at radius 3 is 2.67 bits per heavy atom. The minimum absolute atomic E-state index is 0.143. The summed E-state index contributed by atoms with van der Waals surface area (Å²) in [6, 6.07) is 7.17. The Balaban J connectivity index is 2.54. The Morgan fingerprint density at radius 1 is 1.47 bits per heavy atom. The zero-order valence-electron chi connectivity index (χ0n) is 8.73. The zero-order valence-corrected chi connectivity index (χ0v) is 9.55. The molecule has 3 heteroatoms. The predicted octanol–water partition coefficient (Wildman–Crippen LogP) is 2.80. The number of ketones is 1. The first kappa shape index (κ1) is 11.9. The number of hydrogen-bond acceptors (Lipinski definition) is 3. The quantitative estimate of drug-likeness (QED) is 0.420. The molecular weight excluding hydrogens is 208 g/mol. The third-order valence-electron chi connectivity index (χ3n) is 1.88. The maximum absolute atomic E-state index is 11.6. The van der Waals surface area contributed by atoms with Gasteiger partial charge in [0.2, 0.25) is 0 Å². The second-order valence-corrected chi connectivity index (χ2v) is 3.99. The van der Waals surface area contributed by atoms with Crippen LogP contribution in [0.4, 0.5) is 0 Å². The van der Waals surface area contributed by atoms with Gasteiger partial charge in [-0.2, -0.15) is 0 Å². The molecule has 0 unspecified atom stereocenters. The molecule has 0 aromatic heterocycles. The van der Waals surface area contributed by atoms with E-state index in [1.165, 1.54) is 0 Å². The van der Waals surface area contributed by atoms with E-state index < -0.39 is 0 Å². The number of benzene rings is 1. The van der Waals surface area contributed by atoms with Gasteiger partial charge in [0.1, 0.15) is 5.75 Å². The van der Waals surface area contributed by atoms with E-state index in [9.17, 15) is 4.79 Å². The van der Waals surface area contributed by atoms with E-state index in [0.29, 0.717) is 5.75 Å². The Morgan fingerprint density at radius 2 is 2.13 bits per heavy atom. The van der Waals surface area contributed by atoms with Crippen LogP contribution in [0.5, 0.6) is 5.75 Å². The van der Waals surface area contributed by atoms with Crippen molar-refractivity contribution < 1.29 is 9.53 Å². The number of methoxy groups -OCH3 is 1. The van der Waals surface area contributed by atoms with Gasteiger partial charge in [0.05, 0.1) is 12.9 Å². The summed E-state index contributed by atoms with van der Waals surface area (Å²) in [6.07, 6.45) is 1.80. The van der Waals surface area contributed by atoms with Gasteiger partial charge >= 0.3 is 0 Å². The summed E-state index contributed by atoms with van der Waals surface area (Å²) in [7, 11) is 1.61. The molecule has 0 N–H and O–H groups in total. The van der Waals surface area contributed by atoms with Gasteiger partial charge in [-0.3, -0.25) is 4.79 Å². The second kappa shape index (κ2) is 6.30. The molecule has 0 atom stereocenters. The number of carbonyl (C=O) groups is 1. The van der Waals surface area contributed by atoms with Gasteiger partial charge in [-0.05, 0) is 24.3 Å². The van der Waals surface area contributed by atoms with Crippen molar-refractivity contribution >= 4 is 17.5 Å². The fourth-order valence-electron chi connectivity index (χ4n) is 1.10. The van der Waals surface area contributed by atoms with Gasteiger partial charge in [0, 0.05) is 11.3 Å². The van der Waals surface area contributed by atoms with Crippen LogP contribution < -0.4 is 4.74 Å². The molecule has 80 valence electrons. The maximum atomic E-state index is 11.6. The molecule has 0 spiro atoms. The first-order valence-corrected chi connectivity index (χ1v) is 5.79. The van der Waals surface area contributed by atoms with Crippen LogP contribution in [0.2, 0.25) is 0 Å². The van der Waals surface area contributed by atoms with Gasteiger partial charge in [0.15, 0.2) is 5.78 Å². The highest BCUT2D eigenvalue weighted by Crippen LogP contribution is 2.13. The van der Waals surface area contributed by atoms with E-state index in [0.717, 1.165) is 17.1 Å². The Kier molecular flexibility index (Phi) is 4.98. The molecule has 0 heterocycles. The molecule has 1 rings (SSSR count). The third kappa shape index (κ3) is 3.80. The molecule has 0 amide bonds. The van der Waals surface area contributed by atoms with E-state index in [1.807, 2.05) is 0 Å². The van der Waals surface area contributed by atoms with Crippen LogP contribution in [-0.4, -0.2) is 24.4 Å². The number of thioether (sulfide) groups is 1. The molecule has 1 aromatic carbocycles. The summed E-state index contributed by atoms with van der Waals surface area (Å²) in [5, 5.41) is 0. The van der Waals surface area contributed by atoms with Crippen LogP contribution in [0.1, 0.15) is 10.4 Å². The van der Waals surface area contributed by atoms with E-state index in [2.05, 4.69) is 6.58 Å². The summed E-state index contributed by atoms with van der Waals surface area (Å²) in [4.78, 5) is 11.6. The number of hydrogen-bond donors (Lipinski definition) is 0. The Hall–Kier alpha value is -1.22. The summed E-state index contributed by atoms with van der Waals surface area (Å²) >= 11 is 1.57. The highest BCUT2D eigenvalue weighted by Gasteiger charge is 2.04. The van der Waals surface area contributed by atoms with Crippen molar-refractivity contribution in [1.29, 1.82) is 0 Å². The van der Waals surface area contributed by atoms with Crippen LogP contribution in [0.3, 0.4) is 0 Å². The maximum Gasteiger partial charge on any atom is 0.172 e. The summed E-state index contributed by atoms with van der Waals surface area (Å²) < 4.78 is 5.02. The first-order chi connectivity index (χ1) is 7.27. The fraction of sp³-hybridized carbons (Fsp3) is 0.250. The summed E-state index contributed by atoms with van der Waals surface area (Å²) in [5.41, 5.74) is 0.729. The zero-order chi connectivity index (χ0) is 11.1. The molecule has 2 nitrogen and oxygen atoms in total. The smallest absolute Gasteiger partial charge is 0.172 e. The number of rotatable bonds is 6. The molecule has 1 aromatic rings. The van der Waals surface area contributed by atoms with Gasteiger partial charge in [0.25, 0.3) is 0 Å². The van der Waals surface area contributed by atoms with Gasteiger partial charge in [-0.15, -0.1) is 18.3 Å². The molecule has 0 aliphatic rings. The lowest BCUT2D eigenvalue weighted by molar-refractivity contribution is 0.102. The molecule has 0 radical (unpaired) electrons. The summed E-state index contributed by atoms with van der Waals surface area (Å²) in [6.45, 7) is 3.60. The highest BCUT2D eigenvalue weighted by atomic mass is 32.2. The van der Waals surface area contributed by atoms with Crippen molar-refractivity contribution in [2.45, 2.75) is 0 Å². The molecule has 0 fully saturated rings. The standard InChI is InChI=1S/C12H14O2S/c1-3-8-15-9-12(13)10-4-6-11(14-2)7-5-10/h3-7H,1,8-9H2,2H3. The first-order valence-electron chi connectivity index (χ1n) is 4.64. The average molecular weight is 222 g/mol. The molecule has 0 saturated heterocycles. The van der Waals surface area contributed by atoms with Crippen LogP contribution in [0, 0.1) is 0 Å². The normalized spacial score (nSPS) is 9.67. The molecule has 0 bridgehead atoms. The van der Waals surface area contributed by atoms with Crippen molar-refractivity contribution in [3.63, 3.8) is 0 Å². The van der Waals surface area contributed by atoms with Crippen molar-refractivity contribution in [2.24, 2.45) is 0 Å². The molecule has 15 heavy (non-hydrogen) atoms. The lowest BCUT2D eigenvalue weighted by Crippen LogP contribution is -2.02. The van der Waals surface area contributed by atoms with E-state index in [4.69, 9.17) is 4.74 Å². The lowest BCUT2D eigenvalue weighted by Gasteiger charge is -2.02. The predicted molar refractivity (Wildman–Crippen MR) is 64.8 cm³/mol. The molecule has 0 saturated carbocycles. The van der Waals surface area contributed by atoms with E-state index in [-0.39, 0.29) is 5.78 Å². The minimum atomic E-state index is 0.143. The molecular formula is C12H14O2S. The molecule has 0 aliphatic heterocycles. The van der Waals surface area contributed by atoms with Crippen LogP contribution in [0.25, 0.3) is 0 Å². The molecule has 0 aliphatic carbocycles. The Labute approximate surface area is 94.3 Å². The van der Waals surface area contributed by atoms with Crippen LogP contribution >= 0.6 is 11.8 Å². The lowest BCUT2D eigenvalue weighted by atomic mass is 10.1. The summed E-state index contributed by atoms with van der Waals surface area (Å²) in [5.74, 6) is 2.22. The SMILES string of the molecule is C=CCSCC(=O)c1ccc(OC)cc1. The Bertz CT molecular complexity index is 330. The van der Waals surface area contributed by atoms with Gasteiger partial charge in [-0.1, -0.05) is 6.08 Å². The van der Waals surface area contributed by atoms with Crippen LogP contribution in [0.15, 0.2) is 36.9 Å². The van der Waals surface area contributed by atoms with Crippen molar-refractivity contribution in [1.82, 2.24) is 0 Å². The minimum Gasteiger partial charge on any atom is -0.497 e. The largest absolute Gasteiger partial charge is 0.497 e. The fourth-order valence-corrected chi connectivity index (χ4v) is 1.73. The van der Waals surface area contributed by atoms with Crippen molar-refractivity contribution in [2.75, 3.05) is 18.6 Å². The van der Waals surface area contributed by atoms with Crippen LogP contribution in [-0.2, 0) is 0 Å². The second-order valence-electron chi connectivity index (χ2n) is 2.96. The van der Waals surface area contributed by atoms with Crippen molar-refractivity contribution in [3.8, 4) is 5.75 Å². The third-order valence-corrected chi connectivity index (χ3v) is 2.82. The number of carbonyl (C=O) groups excluding carboxylic acids is 1. The number of Topliss-reactive ketones (excluding diaryl/α,β-unsaturated/α-hetero) is 1. The van der Waals surface area contributed by atoms with E-state index >= 15 is 0 Å². The van der Waals surface area contributed by atoms with E-state index in [1.54, 1.807) is 49.2 Å². The topological polar surface area (TPSA) is 26.3 Å². The highest BCUT2D eigenvalue weighted by molar-refractivity contribution is 8.00.